The number of piperidine rings is 1. The Morgan fingerprint density at radius 2 is 1.64 bits per heavy atom. The number of amides is 2. The van der Waals surface area contributed by atoms with Crippen LogP contribution in [0.5, 0.6) is 0 Å². The van der Waals surface area contributed by atoms with Gasteiger partial charge in [0.25, 0.3) is 11.8 Å². The van der Waals surface area contributed by atoms with E-state index in [1.807, 2.05) is 30.3 Å². The normalized spacial score (nSPS) is 18.2. The molecule has 2 saturated heterocycles. The van der Waals surface area contributed by atoms with Gasteiger partial charge in [-0.2, -0.15) is 0 Å². The van der Waals surface area contributed by atoms with E-state index in [-0.39, 0.29) is 23.2 Å². The molecule has 0 saturated carbocycles. The summed E-state index contributed by atoms with van der Waals surface area (Å²) < 4.78 is 11.4. The highest BCUT2D eigenvalue weighted by Crippen LogP contribution is 2.31. The summed E-state index contributed by atoms with van der Waals surface area (Å²) in [6.07, 6.45) is 1.30. The van der Waals surface area contributed by atoms with Gasteiger partial charge in [-0.25, -0.2) is 4.98 Å². The number of benzene rings is 1. The van der Waals surface area contributed by atoms with Crippen molar-refractivity contribution in [2.45, 2.75) is 25.2 Å². The fourth-order valence-corrected chi connectivity index (χ4v) is 3.55. The Morgan fingerprint density at radius 1 is 0.964 bits per heavy atom. The maximum Gasteiger partial charge on any atom is 0.272 e. The molecule has 0 unspecified atom stereocenters. The summed E-state index contributed by atoms with van der Waals surface area (Å²) in [4.78, 5) is 31.2. The van der Waals surface area contributed by atoms with Crippen molar-refractivity contribution in [3.8, 4) is 0 Å². The van der Waals surface area contributed by atoms with Gasteiger partial charge in [-0.3, -0.25) is 9.59 Å². The number of hydrogen-bond donors (Lipinski definition) is 1. The Bertz CT molecular complexity index is 840. The topological polar surface area (TPSA) is 80.8 Å². The number of likely N-dealkylation sites (tertiary alicyclic amines) is 1. The van der Waals surface area contributed by atoms with Gasteiger partial charge in [-0.1, -0.05) is 36.4 Å². The minimum atomic E-state index is -0.524. The Morgan fingerprint density at radius 3 is 2.36 bits per heavy atom. The molecule has 0 radical (unpaired) electrons. The number of nitrogens with one attached hydrogen (secondary N) is 1. The number of nitrogens with zero attached hydrogens (tertiary/aromatic N) is 2. The van der Waals surface area contributed by atoms with E-state index >= 15 is 0 Å². The largest absolute Gasteiger partial charge is 0.347 e. The molecule has 1 spiro atoms. The van der Waals surface area contributed by atoms with E-state index in [0.717, 1.165) is 5.56 Å². The molecule has 7 nitrogen and oxygen atoms in total. The monoisotopic (exact) mass is 381 g/mol. The lowest BCUT2D eigenvalue weighted by Crippen LogP contribution is -2.47. The molecule has 0 aliphatic carbocycles. The molecule has 1 aromatic carbocycles. The standard InChI is InChI=1S/C21H23N3O4/c25-19(22-15-16-5-2-1-3-6-16)17-7-4-8-18(23-17)20(26)24-11-9-21(10-12-24)27-13-14-28-21/h1-8H,9-15H2,(H,22,25). The molecular weight excluding hydrogens is 358 g/mol. The van der Waals surface area contributed by atoms with Gasteiger partial charge in [0.05, 0.1) is 13.2 Å². The second-order valence-electron chi connectivity index (χ2n) is 6.98. The summed E-state index contributed by atoms with van der Waals surface area (Å²) in [5, 5.41) is 2.83. The first-order valence-corrected chi connectivity index (χ1v) is 9.52. The molecule has 2 aliphatic rings. The number of hydrogen-bond acceptors (Lipinski definition) is 5. The van der Waals surface area contributed by atoms with Crippen LogP contribution in [0.2, 0.25) is 0 Å². The minimum Gasteiger partial charge on any atom is -0.347 e. The molecule has 146 valence electrons. The maximum atomic E-state index is 12.8. The van der Waals surface area contributed by atoms with E-state index < -0.39 is 5.79 Å². The molecule has 2 aromatic rings. The molecule has 0 atom stereocenters. The minimum absolute atomic E-state index is 0.175. The molecule has 2 amide bonds. The first-order valence-electron chi connectivity index (χ1n) is 9.52. The Labute approximate surface area is 163 Å². The summed E-state index contributed by atoms with van der Waals surface area (Å²) >= 11 is 0. The second kappa shape index (κ2) is 8.08. The summed E-state index contributed by atoms with van der Waals surface area (Å²) in [5.74, 6) is -1.00. The molecule has 1 N–H and O–H groups in total. The summed E-state index contributed by atoms with van der Waals surface area (Å²) in [6, 6.07) is 14.6. The van der Waals surface area contributed by atoms with Crippen molar-refractivity contribution in [3.63, 3.8) is 0 Å². The third kappa shape index (κ3) is 4.05. The molecule has 0 bridgehead atoms. The van der Waals surface area contributed by atoms with Crippen molar-refractivity contribution in [2.75, 3.05) is 26.3 Å². The molecule has 2 aliphatic heterocycles. The molecule has 7 heteroatoms. The quantitative estimate of drug-likeness (QED) is 0.876. The van der Waals surface area contributed by atoms with Gasteiger partial charge in [0, 0.05) is 32.5 Å². The van der Waals surface area contributed by atoms with E-state index in [9.17, 15) is 9.59 Å². The summed E-state index contributed by atoms with van der Waals surface area (Å²) in [7, 11) is 0. The smallest absolute Gasteiger partial charge is 0.272 e. The van der Waals surface area contributed by atoms with Crippen LogP contribution in [-0.4, -0.2) is 53.8 Å². The number of rotatable bonds is 4. The van der Waals surface area contributed by atoms with Crippen molar-refractivity contribution in [1.29, 1.82) is 0 Å². The first-order chi connectivity index (χ1) is 13.7. The van der Waals surface area contributed by atoms with Crippen LogP contribution >= 0.6 is 0 Å². The predicted molar refractivity (Wildman–Crippen MR) is 102 cm³/mol. The van der Waals surface area contributed by atoms with Gasteiger partial charge in [-0.15, -0.1) is 0 Å². The number of carbonyl (C=O) groups is 2. The average Bonchev–Trinajstić information content (AvgIpc) is 3.21. The van der Waals surface area contributed by atoms with Crippen LogP contribution in [0, 0.1) is 0 Å². The number of pyridine rings is 1. The van der Waals surface area contributed by atoms with Crippen LogP contribution in [0.1, 0.15) is 39.4 Å². The highest BCUT2D eigenvalue weighted by Gasteiger charge is 2.41. The van der Waals surface area contributed by atoms with Crippen molar-refractivity contribution in [3.05, 3.63) is 65.5 Å². The van der Waals surface area contributed by atoms with E-state index in [4.69, 9.17) is 9.47 Å². The second-order valence-corrected chi connectivity index (χ2v) is 6.98. The predicted octanol–water partition coefficient (Wildman–Crippen LogP) is 1.99. The molecule has 1 aromatic heterocycles. The van der Waals surface area contributed by atoms with Crippen molar-refractivity contribution in [1.82, 2.24) is 15.2 Å². The van der Waals surface area contributed by atoms with Gasteiger partial charge in [0.15, 0.2) is 5.79 Å². The van der Waals surface area contributed by atoms with Gasteiger partial charge in [-0.05, 0) is 17.7 Å². The van der Waals surface area contributed by atoms with Gasteiger partial charge in [0.2, 0.25) is 0 Å². The first kappa shape index (κ1) is 18.6. The Kier molecular flexibility index (Phi) is 5.36. The van der Waals surface area contributed by atoms with Gasteiger partial charge >= 0.3 is 0 Å². The van der Waals surface area contributed by atoms with E-state index in [0.29, 0.717) is 45.7 Å². The molecule has 3 heterocycles. The van der Waals surface area contributed by atoms with Crippen LogP contribution in [0.15, 0.2) is 48.5 Å². The zero-order valence-electron chi connectivity index (χ0n) is 15.6. The molecule has 2 fully saturated rings. The van der Waals surface area contributed by atoms with Gasteiger partial charge < -0.3 is 19.7 Å². The highest BCUT2D eigenvalue weighted by atomic mass is 16.7. The zero-order valence-corrected chi connectivity index (χ0v) is 15.6. The van der Waals surface area contributed by atoms with Crippen LogP contribution in [0.3, 0.4) is 0 Å². The van der Waals surface area contributed by atoms with E-state index in [1.54, 1.807) is 23.1 Å². The van der Waals surface area contributed by atoms with Crippen molar-refractivity contribution >= 4 is 11.8 Å². The number of ether oxygens (including phenoxy) is 2. The van der Waals surface area contributed by atoms with Gasteiger partial charge in [0.1, 0.15) is 11.4 Å². The lowest BCUT2D eigenvalue weighted by molar-refractivity contribution is -0.181. The van der Waals surface area contributed by atoms with Crippen molar-refractivity contribution < 1.29 is 19.1 Å². The van der Waals surface area contributed by atoms with Crippen molar-refractivity contribution in [2.24, 2.45) is 0 Å². The Hall–Kier alpha value is -2.77. The number of aromatic nitrogens is 1. The van der Waals surface area contributed by atoms with E-state index in [1.165, 1.54) is 0 Å². The van der Waals surface area contributed by atoms with E-state index in [2.05, 4.69) is 10.3 Å². The van der Waals surface area contributed by atoms with Crippen LogP contribution in [0.25, 0.3) is 0 Å². The molecule has 28 heavy (non-hydrogen) atoms. The summed E-state index contributed by atoms with van der Waals surface area (Å²) in [6.45, 7) is 2.72. The van der Waals surface area contributed by atoms with Crippen LogP contribution in [-0.2, 0) is 16.0 Å². The lowest BCUT2D eigenvalue weighted by atomic mass is 10.0. The fourth-order valence-electron chi connectivity index (χ4n) is 3.55. The average molecular weight is 381 g/mol. The SMILES string of the molecule is O=C(NCc1ccccc1)c1cccc(C(=O)N2CCC3(CC2)OCCO3)n1. The maximum absolute atomic E-state index is 12.8. The third-order valence-electron chi connectivity index (χ3n) is 5.12. The lowest BCUT2D eigenvalue weighted by Gasteiger charge is -2.37. The Balaban J connectivity index is 1.37. The fraction of sp³-hybridized carbons (Fsp3) is 0.381. The van der Waals surface area contributed by atoms with Crippen LogP contribution < -0.4 is 5.32 Å². The molecular formula is C21H23N3O4. The van der Waals surface area contributed by atoms with Crippen LogP contribution in [0.4, 0.5) is 0 Å². The summed E-state index contributed by atoms with van der Waals surface area (Å²) in [5.41, 5.74) is 1.51. The third-order valence-corrected chi connectivity index (χ3v) is 5.12. The zero-order chi connectivity index (χ0) is 19.4. The molecule has 4 rings (SSSR count). The number of carbonyl (C=O) groups excluding carboxylic acids is 2. The highest BCUT2D eigenvalue weighted by molar-refractivity contribution is 5.96.